The molecule has 94 valence electrons. The molecule has 0 amide bonds. The molecular formula is C13H26N2O. The molecule has 0 aromatic carbocycles. The van der Waals surface area contributed by atoms with Crippen molar-refractivity contribution in [3.63, 3.8) is 0 Å². The molecule has 16 heavy (non-hydrogen) atoms. The number of hydrogen-bond acceptors (Lipinski definition) is 3. The topological polar surface area (TPSA) is 24.5 Å². The molecule has 0 aromatic heterocycles. The Labute approximate surface area is 99.5 Å². The third kappa shape index (κ3) is 2.41. The molecule has 2 saturated heterocycles. The molecule has 2 heterocycles. The van der Waals surface area contributed by atoms with Crippen molar-refractivity contribution in [3.05, 3.63) is 0 Å². The molecule has 2 aliphatic heterocycles. The molecule has 3 atom stereocenters. The molecule has 1 N–H and O–H groups in total. The minimum atomic E-state index is 0.297. The van der Waals surface area contributed by atoms with E-state index in [9.17, 15) is 0 Å². The zero-order chi connectivity index (χ0) is 11.6. The summed E-state index contributed by atoms with van der Waals surface area (Å²) in [4.78, 5) is 2.66. The lowest BCUT2D eigenvalue weighted by molar-refractivity contribution is -0.0575. The summed E-state index contributed by atoms with van der Waals surface area (Å²) in [7, 11) is 2.09. The molecule has 2 fully saturated rings. The van der Waals surface area contributed by atoms with Gasteiger partial charge in [0.15, 0.2) is 0 Å². The summed E-state index contributed by atoms with van der Waals surface area (Å²) in [6, 6.07) is 0.698. The van der Waals surface area contributed by atoms with Crippen LogP contribution in [-0.2, 0) is 4.74 Å². The van der Waals surface area contributed by atoms with E-state index in [4.69, 9.17) is 4.74 Å². The van der Waals surface area contributed by atoms with Crippen LogP contribution in [0.3, 0.4) is 0 Å². The number of nitrogens with one attached hydrogen (secondary N) is 1. The highest BCUT2D eigenvalue weighted by molar-refractivity contribution is 4.93. The van der Waals surface area contributed by atoms with Crippen LogP contribution in [0.5, 0.6) is 0 Å². The minimum absolute atomic E-state index is 0.297. The van der Waals surface area contributed by atoms with Crippen molar-refractivity contribution in [1.29, 1.82) is 0 Å². The maximum atomic E-state index is 5.67. The Morgan fingerprint density at radius 1 is 1.44 bits per heavy atom. The molecule has 3 nitrogen and oxygen atoms in total. The fourth-order valence-corrected chi connectivity index (χ4v) is 3.23. The van der Waals surface area contributed by atoms with Crippen LogP contribution in [0, 0.1) is 5.92 Å². The van der Waals surface area contributed by atoms with Gasteiger partial charge in [0, 0.05) is 31.3 Å². The van der Waals surface area contributed by atoms with Gasteiger partial charge in [-0.05, 0) is 39.2 Å². The molecule has 2 aliphatic rings. The van der Waals surface area contributed by atoms with Gasteiger partial charge in [-0.15, -0.1) is 0 Å². The van der Waals surface area contributed by atoms with Crippen LogP contribution >= 0.6 is 0 Å². The smallest absolute Gasteiger partial charge is 0.0647 e. The van der Waals surface area contributed by atoms with Crippen molar-refractivity contribution in [2.45, 2.75) is 44.7 Å². The average Bonchev–Trinajstić information content (AvgIpc) is 2.30. The summed E-state index contributed by atoms with van der Waals surface area (Å²) >= 11 is 0. The Kier molecular flexibility index (Phi) is 3.88. The molecule has 0 aliphatic carbocycles. The second-order valence-corrected chi connectivity index (χ2v) is 5.76. The molecule has 0 bridgehead atoms. The molecular weight excluding hydrogens is 200 g/mol. The van der Waals surface area contributed by atoms with Gasteiger partial charge in [-0.25, -0.2) is 0 Å². The molecule has 3 heteroatoms. The number of ether oxygens (including phenoxy) is 1. The summed E-state index contributed by atoms with van der Waals surface area (Å²) in [6.45, 7) is 9.04. The predicted octanol–water partition coefficient (Wildman–Crippen LogP) is 1.49. The van der Waals surface area contributed by atoms with Crippen molar-refractivity contribution < 1.29 is 4.74 Å². The highest BCUT2D eigenvalue weighted by Gasteiger charge is 2.38. The van der Waals surface area contributed by atoms with Crippen LogP contribution in [-0.4, -0.2) is 49.8 Å². The van der Waals surface area contributed by atoms with Crippen molar-refractivity contribution in [2.75, 3.05) is 33.4 Å². The standard InChI is InChI=1S/C13H26N2O/c1-11-9-15(7-5-12(11)14-3)13(2)6-4-8-16-10-13/h11-12,14H,4-10H2,1-3H3. The first-order valence-corrected chi connectivity index (χ1v) is 6.66. The Balaban J connectivity index is 1.95. The zero-order valence-corrected chi connectivity index (χ0v) is 11.0. The predicted molar refractivity (Wildman–Crippen MR) is 66.7 cm³/mol. The second-order valence-electron chi connectivity index (χ2n) is 5.76. The Hall–Kier alpha value is -0.120. The summed E-state index contributed by atoms with van der Waals surface area (Å²) in [5.41, 5.74) is 0.297. The van der Waals surface area contributed by atoms with E-state index in [0.29, 0.717) is 11.6 Å². The quantitative estimate of drug-likeness (QED) is 0.772. The van der Waals surface area contributed by atoms with Gasteiger partial charge in [0.1, 0.15) is 0 Å². The summed E-state index contributed by atoms with van der Waals surface area (Å²) in [5.74, 6) is 0.748. The van der Waals surface area contributed by atoms with Gasteiger partial charge in [0.05, 0.1) is 6.61 Å². The Morgan fingerprint density at radius 3 is 2.81 bits per heavy atom. The maximum absolute atomic E-state index is 5.67. The normalized spacial score (nSPS) is 42.2. The first-order chi connectivity index (χ1) is 7.65. The zero-order valence-electron chi connectivity index (χ0n) is 11.0. The van der Waals surface area contributed by atoms with Gasteiger partial charge in [0.25, 0.3) is 0 Å². The number of likely N-dealkylation sites (tertiary alicyclic amines) is 1. The van der Waals surface area contributed by atoms with Crippen LogP contribution in [0.25, 0.3) is 0 Å². The van der Waals surface area contributed by atoms with Gasteiger partial charge >= 0.3 is 0 Å². The lowest BCUT2D eigenvalue weighted by Crippen LogP contribution is -2.58. The Morgan fingerprint density at radius 2 is 2.25 bits per heavy atom. The van der Waals surface area contributed by atoms with Crippen LogP contribution in [0.1, 0.15) is 33.1 Å². The third-order valence-corrected chi connectivity index (χ3v) is 4.46. The largest absolute Gasteiger partial charge is 0.380 e. The van der Waals surface area contributed by atoms with E-state index >= 15 is 0 Å². The van der Waals surface area contributed by atoms with E-state index in [1.54, 1.807) is 0 Å². The second kappa shape index (κ2) is 5.03. The SMILES string of the molecule is CNC1CCN(C2(C)CCCOC2)CC1C. The summed E-state index contributed by atoms with van der Waals surface area (Å²) in [6.07, 6.45) is 3.79. The maximum Gasteiger partial charge on any atom is 0.0647 e. The fourth-order valence-electron chi connectivity index (χ4n) is 3.23. The number of nitrogens with zero attached hydrogens (tertiary/aromatic N) is 1. The van der Waals surface area contributed by atoms with Crippen LogP contribution in [0.15, 0.2) is 0 Å². The van der Waals surface area contributed by atoms with Crippen LogP contribution in [0.4, 0.5) is 0 Å². The highest BCUT2D eigenvalue weighted by atomic mass is 16.5. The van der Waals surface area contributed by atoms with E-state index in [1.807, 2.05) is 0 Å². The van der Waals surface area contributed by atoms with E-state index in [-0.39, 0.29) is 0 Å². The molecule has 0 spiro atoms. The van der Waals surface area contributed by atoms with E-state index in [0.717, 1.165) is 19.1 Å². The summed E-state index contributed by atoms with van der Waals surface area (Å²) in [5, 5.41) is 3.43. The lowest BCUT2D eigenvalue weighted by atomic mass is 9.86. The van der Waals surface area contributed by atoms with Crippen molar-refractivity contribution in [1.82, 2.24) is 10.2 Å². The molecule has 0 saturated carbocycles. The first-order valence-electron chi connectivity index (χ1n) is 6.66. The number of rotatable bonds is 2. The van der Waals surface area contributed by atoms with E-state index in [1.165, 1.54) is 32.4 Å². The van der Waals surface area contributed by atoms with Gasteiger partial charge in [-0.1, -0.05) is 6.92 Å². The van der Waals surface area contributed by atoms with Gasteiger partial charge in [-0.2, -0.15) is 0 Å². The van der Waals surface area contributed by atoms with Crippen molar-refractivity contribution >= 4 is 0 Å². The number of hydrogen-bond donors (Lipinski definition) is 1. The first kappa shape index (κ1) is 12.3. The molecule has 0 aromatic rings. The highest BCUT2D eigenvalue weighted by Crippen LogP contribution is 2.30. The van der Waals surface area contributed by atoms with Crippen molar-refractivity contribution in [2.24, 2.45) is 5.92 Å². The number of piperidine rings is 1. The van der Waals surface area contributed by atoms with E-state index in [2.05, 4.69) is 31.1 Å². The third-order valence-electron chi connectivity index (χ3n) is 4.46. The van der Waals surface area contributed by atoms with Crippen molar-refractivity contribution in [3.8, 4) is 0 Å². The van der Waals surface area contributed by atoms with Gasteiger partial charge < -0.3 is 10.1 Å². The molecule has 3 unspecified atom stereocenters. The Bertz CT molecular complexity index is 226. The fraction of sp³-hybridized carbons (Fsp3) is 1.00. The lowest BCUT2D eigenvalue weighted by Gasteiger charge is -2.48. The summed E-state index contributed by atoms with van der Waals surface area (Å²) < 4.78 is 5.67. The van der Waals surface area contributed by atoms with E-state index < -0.39 is 0 Å². The minimum Gasteiger partial charge on any atom is -0.380 e. The monoisotopic (exact) mass is 226 g/mol. The van der Waals surface area contributed by atoms with Crippen LogP contribution in [0.2, 0.25) is 0 Å². The van der Waals surface area contributed by atoms with Gasteiger partial charge in [0.2, 0.25) is 0 Å². The molecule has 0 radical (unpaired) electrons. The average molecular weight is 226 g/mol. The van der Waals surface area contributed by atoms with Crippen LogP contribution < -0.4 is 5.32 Å². The molecule has 2 rings (SSSR count). The van der Waals surface area contributed by atoms with Gasteiger partial charge in [-0.3, -0.25) is 4.90 Å².